The van der Waals surface area contributed by atoms with Crippen LogP contribution in [0.3, 0.4) is 0 Å². The molecule has 0 aliphatic rings. The van der Waals surface area contributed by atoms with Gasteiger partial charge in [0.2, 0.25) is 5.91 Å². The fourth-order valence-electron chi connectivity index (χ4n) is 1.55. The normalized spacial score (nSPS) is 10.7. The van der Waals surface area contributed by atoms with Gasteiger partial charge in [0.05, 0.1) is 6.61 Å². The number of benzene rings is 1. The molecule has 0 saturated carbocycles. The fraction of sp³-hybridized carbons (Fsp3) is 0.400. The van der Waals surface area contributed by atoms with Gasteiger partial charge in [0.15, 0.2) is 0 Å². The summed E-state index contributed by atoms with van der Waals surface area (Å²) in [6.45, 7) is 5.35. The molecule has 0 unspecified atom stereocenters. The van der Waals surface area contributed by atoms with Crippen LogP contribution in [0.2, 0.25) is 0 Å². The van der Waals surface area contributed by atoms with Gasteiger partial charge in [-0.1, -0.05) is 29.3 Å². The van der Waals surface area contributed by atoms with Gasteiger partial charge in [0.25, 0.3) is 0 Å². The first kappa shape index (κ1) is 15.8. The second-order valence-corrected chi connectivity index (χ2v) is 5.01. The summed E-state index contributed by atoms with van der Waals surface area (Å²) in [7, 11) is 0. The van der Waals surface area contributed by atoms with E-state index in [1.807, 2.05) is 25.1 Å². The summed E-state index contributed by atoms with van der Waals surface area (Å²) in [5, 5.41) is 2.84. The van der Waals surface area contributed by atoms with E-state index in [-0.39, 0.29) is 5.91 Å². The topological polar surface area (TPSA) is 38.3 Å². The summed E-state index contributed by atoms with van der Waals surface area (Å²) in [5.41, 5.74) is 0.891. The molecule has 0 bridgehead atoms. The van der Waals surface area contributed by atoms with Gasteiger partial charge in [0.1, 0.15) is 5.75 Å². The van der Waals surface area contributed by atoms with Crippen molar-refractivity contribution in [1.29, 1.82) is 0 Å². The highest BCUT2D eigenvalue weighted by molar-refractivity contribution is 9.10. The lowest BCUT2D eigenvalue weighted by Gasteiger charge is -2.07. The summed E-state index contributed by atoms with van der Waals surface area (Å²) in [6, 6.07) is 5.74. The minimum absolute atomic E-state index is 0.0733. The Morgan fingerprint density at radius 1 is 1.42 bits per heavy atom. The van der Waals surface area contributed by atoms with Crippen molar-refractivity contribution in [3.05, 3.63) is 34.3 Å². The molecule has 0 aliphatic carbocycles. The largest absolute Gasteiger partial charge is 0.493 e. The maximum absolute atomic E-state index is 11.6. The Morgan fingerprint density at radius 2 is 2.21 bits per heavy atom. The quantitative estimate of drug-likeness (QED) is 0.612. The minimum atomic E-state index is -0.0733. The Hall–Kier alpha value is -1.29. The third-order valence-electron chi connectivity index (χ3n) is 2.52. The minimum Gasteiger partial charge on any atom is -0.493 e. The van der Waals surface area contributed by atoms with Crippen LogP contribution >= 0.6 is 15.9 Å². The SMILES string of the molecule is CCCCNC(=O)/C=C/c1cc(Br)ccc1OCC. The highest BCUT2D eigenvalue weighted by Crippen LogP contribution is 2.24. The molecule has 0 fully saturated rings. The Morgan fingerprint density at radius 3 is 2.89 bits per heavy atom. The van der Waals surface area contributed by atoms with Crippen molar-refractivity contribution in [3.8, 4) is 5.75 Å². The number of ether oxygens (including phenoxy) is 1. The monoisotopic (exact) mass is 325 g/mol. The zero-order valence-corrected chi connectivity index (χ0v) is 13.0. The van der Waals surface area contributed by atoms with E-state index in [1.165, 1.54) is 0 Å². The van der Waals surface area contributed by atoms with Crippen LogP contribution in [0.5, 0.6) is 5.75 Å². The van der Waals surface area contributed by atoms with Crippen molar-refractivity contribution in [2.45, 2.75) is 26.7 Å². The van der Waals surface area contributed by atoms with Gasteiger partial charge in [-0.15, -0.1) is 0 Å². The number of amides is 1. The predicted octanol–water partition coefficient (Wildman–Crippen LogP) is 3.78. The van der Waals surface area contributed by atoms with Crippen molar-refractivity contribution >= 4 is 27.9 Å². The fourth-order valence-corrected chi connectivity index (χ4v) is 1.93. The number of rotatable bonds is 7. The van der Waals surface area contributed by atoms with Crippen LogP contribution in [-0.2, 0) is 4.79 Å². The van der Waals surface area contributed by atoms with E-state index in [4.69, 9.17) is 4.74 Å². The Kier molecular flexibility index (Phi) is 7.26. The maximum Gasteiger partial charge on any atom is 0.244 e. The van der Waals surface area contributed by atoms with Gasteiger partial charge in [-0.3, -0.25) is 4.79 Å². The van der Waals surface area contributed by atoms with Crippen LogP contribution in [0.15, 0.2) is 28.7 Å². The standard InChI is InChI=1S/C15H20BrNO2/c1-3-5-10-17-15(18)9-6-12-11-13(16)7-8-14(12)19-4-2/h6-9,11H,3-5,10H2,1-2H3,(H,17,18)/b9-6+. The highest BCUT2D eigenvalue weighted by Gasteiger charge is 2.02. The average Bonchev–Trinajstić information content (AvgIpc) is 2.39. The molecule has 0 atom stereocenters. The molecule has 1 rings (SSSR count). The summed E-state index contributed by atoms with van der Waals surface area (Å²) >= 11 is 3.42. The molecule has 0 aliphatic heterocycles. The van der Waals surface area contributed by atoms with Crippen molar-refractivity contribution < 1.29 is 9.53 Å². The van der Waals surface area contributed by atoms with Crippen molar-refractivity contribution in [2.24, 2.45) is 0 Å². The molecule has 0 spiro atoms. The van der Waals surface area contributed by atoms with Crippen LogP contribution in [-0.4, -0.2) is 19.1 Å². The highest BCUT2D eigenvalue weighted by atomic mass is 79.9. The molecule has 19 heavy (non-hydrogen) atoms. The Bertz CT molecular complexity index is 444. The lowest BCUT2D eigenvalue weighted by Crippen LogP contribution is -2.21. The summed E-state index contributed by atoms with van der Waals surface area (Å²) in [4.78, 5) is 11.6. The maximum atomic E-state index is 11.6. The van der Waals surface area contributed by atoms with E-state index in [2.05, 4.69) is 28.2 Å². The van der Waals surface area contributed by atoms with Crippen LogP contribution < -0.4 is 10.1 Å². The lowest BCUT2D eigenvalue weighted by molar-refractivity contribution is -0.116. The molecular formula is C15H20BrNO2. The molecule has 0 aromatic heterocycles. The zero-order chi connectivity index (χ0) is 14.1. The van der Waals surface area contributed by atoms with Gasteiger partial charge in [-0.05, 0) is 37.6 Å². The van der Waals surface area contributed by atoms with Crippen LogP contribution in [0.4, 0.5) is 0 Å². The van der Waals surface area contributed by atoms with Crippen molar-refractivity contribution in [2.75, 3.05) is 13.2 Å². The van der Waals surface area contributed by atoms with Gasteiger partial charge in [-0.25, -0.2) is 0 Å². The number of unbranched alkanes of at least 4 members (excludes halogenated alkanes) is 1. The number of halogens is 1. The van der Waals surface area contributed by atoms with Gasteiger partial charge in [-0.2, -0.15) is 0 Å². The third-order valence-corrected chi connectivity index (χ3v) is 3.01. The van der Waals surface area contributed by atoms with E-state index in [9.17, 15) is 4.79 Å². The number of hydrogen-bond donors (Lipinski definition) is 1. The van der Waals surface area contributed by atoms with E-state index in [0.29, 0.717) is 6.61 Å². The molecule has 4 heteroatoms. The van der Waals surface area contributed by atoms with E-state index < -0.39 is 0 Å². The van der Waals surface area contributed by atoms with Crippen molar-refractivity contribution in [3.63, 3.8) is 0 Å². The molecule has 1 amide bonds. The van der Waals surface area contributed by atoms with Gasteiger partial charge < -0.3 is 10.1 Å². The predicted molar refractivity (Wildman–Crippen MR) is 82.3 cm³/mol. The van der Waals surface area contributed by atoms with Crippen molar-refractivity contribution in [1.82, 2.24) is 5.32 Å². The molecule has 1 aromatic carbocycles. The van der Waals surface area contributed by atoms with Crippen LogP contribution in [0.25, 0.3) is 6.08 Å². The Labute approximate surface area is 123 Å². The van der Waals surface area contributed by atoms with Gasteiger partial charge >= 0.3 is 0 Å². The number of nitrogens with one attached hydrogen (secondary N) is 1. The average molecular weight is 326 g/mol. The first-order valence-electron chi connectivity index (χ1n) is 6.55. The van der Waals surface area contributed by atoms with Crippen LogP contribution in [0, 0.1) is 0 Å². The Balaban J connectivity index is 2.68. The molecule has 104 valence electrons. The lowest BCUT2D eigenvalue weighted by atomic mass is 10.2. The number of carbonyl (C=O) groups excluding carboxylic acids is 1. The molecule has 1 aromatic rings. The molecular weight excluding hydrogens is 306 g/mol. The first-order valence-corrected chi connectivity index (χ1v) is 7.35. The second kappa shape index (κ2) is 8.75. The first-order chi connectivity index (χ1) is 9.17. The molecule has 0 radical (unpaired) electrons. The smallest absolute Gasteiger partial charge is 0.244 e. The number of hydrogen-bond acceptors (Lipinski definition) is 2. The summed E-state index contributed by atoms with van der Waals surface area (Å²) < 4.78 is 6.48. The number of carbonyl (C=O) groups is 1. The van der Waals surface area contributed by atoms with Crippen LogP contribution in [0.1, 0.15) is 32.3 Å². The second-order valence-electron chi connectivity index (χ2n) is 4.09. The van der Waals surface area contributed by atoms with Gasteiger partial charge in [0, 0.05) is 22.7 Å². The molecule has 0 saturated heterocycles. The third kappa shape index (κ3) is 5.92. The molecule has 0 heterocycles. The summed E-state index contributed by atoms with van der Waals surface area (Å²) in [6.07, 6.45) is 5.39. The van der Waals surface area contributed by atoms with E-state index in [1.54, 1.807) is 12.2 Å². The van der Waals surface area contributed by atoms with E-state index in [0.717, 1.165) is 35.2 Å². The molecule has 3 nitrogen and oxygen atoms in total. The van der Waals surface area contributed by atoms with E-state index >= 15 is 0 Å². The summed E-state index contributed by atoms with van der Waals surface area (Å²) in [5.74, 6) is 0.708. The molecule has 1 N–H and O–H groups in total. The zero-order valence-electron chi connectivity index (χ0n) is 11.4.